The normalized spacial score (nSPS) is 22.1. The van der Waals surface area contributed by atoms with Crippen LogP contribution in [0.1, 0.15) is 19.3 Å². The Bertz CT molecular complexity index is 203. The fourth-order valence-corrected chi connectivity index (χ4v) is 1.91. The predicted octanol–water partition coefficient (Wildman–Crippen LogP) is 1.45. The Morgan fingerprint density at radius 1 is 1.71 bits per heavy atom. The van der Waals surface area contributed by atoms with Crippen LogP contribution in [0.5, 0.6) is 0 Å². The summed E-state index contributed by atoms with van der Waals surface area (Å²) in [5.41, 5.74) is 0. The molecule has 0 aromatic heterocycles. The summed E-state index contributed by atoms with van der Waals surface area (Å²) in [6.07, 6.45) is 4.77. The summed E-state index contributed by atoms with van der Waals surface area (Å²) < 4.78 is 5.04. The summed E-state index contributed by atoms with van der Waals surface area (Å²) in [4.78, 5) is 13.2. The second-order valence-corrected chi connectivity index (χ2v) is 3.78. The van der Waals surface area contributed by atoms with Gasteiger partial charge < -0.3 is 9.64 Å². The summed E-state index contributed by atoms with van der Waals surface area (Å²) in [6.45, 7) is 6.05. The van der Waals surface area contributed by atoms with Gasteiger partial charge in [-0.05, 0) is 31.3 Å². The first kappa shape index (κ1) is 11.2. The molecule has 1 saturated heterocycles. The van der Waals surface area contributed by atoms with Crippen LogP contribution in [0.2, 0.25) is 0 Å². The van der Waals surface area contributed by atoms with Gasteiger partial charge in [0.2, 0.25) is 5.91 Å². The molecule has 0 aromatic carbocycles. The van der Waals surface area contributed by atoms with Gasteiger partial charge in [-0.25, -0.2) is 0 Å². The van der Waals surface area contributed by atoms with E-state index in [4.69, 9.17) is 4.74 Å². The van der Waals surface area contributed by atoms with Gasteiger partial charge in [-0.15, -0.1) is 0 Å². The topological polar surface area (TPSA) is 29.5 Å². The van der Waals surface area contributed by atoms with Crippen molar-refractivity contribution in [2.75, 3.05) is 26.8 Å². The Morgan fingerprint density at radius 2 is 2.50 bits per heavy atom. The highest BCUT2D eigenvalue weighted by atomic mass is 16.5. The highest BCUT2D eigenvalue weighted by molar-refractivity contribution is 5.87. The monoisotopic (exact) mass is 197 g/mol. The van der Waals surface area contributed by atoms with Crippen molar-refractivity contribution in [1.29, 1.82) is 0 Å². The Balaban J connectivity index is 2.35. The molecule has 0 aliphatic carbocycles. The van der Waals surface area contributed by atoms with Gasteiger partial charge in [0.05, 0.1) is 0 Å². The fraction of sp³-hybridized carbons (Fsp3) is 0.727. The smallest absolute Gasteiger partial charge is 0.245 e. The number of hydrogen-bond acceptors (Lipinski definition) is 2. The molecule has 80 valence electrons. The Labute approximate surface area is 85.7 Å². The number of nitrogens with zero attached hydrogens (tertiary/aromatic N) is 1. The van der Waals surface area contributed by atoms with Crippen molar-refractivity contribution in [1.82, 2.24) is 4.90 Å². The lowest BCUT2D eigenvalue weighted by atomic mass is 9.95. The van der Waals surface area contributed by atoms with Gasteiger partial charge in [-0.1, -0.05) is 6.58 Å². The first-order chi connectivity index (χ1) is 6.77. The number of hydrogen-bond donors (Lipinski definition) is 0. The van der Waals surface area contributed by atoms with Gasteiger partial charge >= 0.3 is 0 Å². The van der Waals surface area contributed by atoms with Crippen LogP contribution in [0.15, 0.2) is 12.7 Å². The van der Waals surface area contributed by atoms with Gasteiger partial charge in [0.1, 0.15) is 0 Å². The van der Waals surface area contributed by atoms with Gasteiger partial charge in [0.25, 0.3) is 0 Å². The van der Waals surface area contributed by atoms with Crippen LogP contribution in [0, 0.1) is 5.92 Å². The molecule has 0 bridgehead atoms. The first-order valence-corrected chi connectivity index (χ1v) is 5.18. The van der Waals surface area contributed by atoms with E-state index in [0.29, 0.717) is 5.92 Å². The second kappa shape index (κ2) is 5.81. The zero-order valence-electron chi connectivity index (χ0n) is 8.87. The highest BCUT2D eigenvalue weighted by Crippen LogP contribution is 2.19. The van der Waals surface area contributed by atoms with E-state index in [1.165, 1.54) is 12.5 Å². The summed E-state index contributed by atoms with van der Waals surface area (Å²) in [5.74, 6) is 0.666. The molecule has 0 N–H and O–H groups in total. The molecular weight excluding hydrogens is 178 g/mol. The van der Waals surface area contributed by atoms with E-state index in [1.807, 2.05) is 4.90 Å². The molecule has 1 rings (SSSR count). The van der Waals surface area contributed by atoms with Crippen LogP contribution in [0.4, 0.5) is 0 Å². The lowest BCUT2D eigenvalue weighted by molar-refractivity contribution is -0.127. The van der Waals surface area contributed by atoms with Crippen molar-refractivity contribution in [3.8, 4) is 0 Å². The van der Waals surface area contributed by atoms with Crippen molar-refractivity contribution < 1.29 is 9.53 Å². The quantitative estimate of drug-likeness (QED) is 0.638. The largest absolute Gasteiger partial charge is 0.385 e. The number of ether oxygens (including phenoxy) is 1. The van der Waals surface area contributed by atoms with E-state index in [2.05, 4.69) is 6.58 Å². The van der Waals surface area contributed by atoms with Crippen LogP contribution < -0.4 is 0 Å². The molecule has 1 heterocycles. The number of methoxy groups -OCH3 is 1. The summed E-state index contributed by atoms with van der Waals surface area (Å²) >= 11 is 0. The number of likely N-dealkylation sites (tertiary alicyclic amines) is 1. The molecule has 0 aromatic rings. The van der Waals surface area contributed by atoms with Crippen LogP contribution in [-0.4, -0.2) is 37.6 Å². The van der Waals surface area contributed by atoms with E-state index in [9.17, 15) is 4.79 Å². The average Bonchev–Trinajstić information content (AvgIpc) is 2.25. The number of piperidine rings is 1. The third kappa shape index (κ3) is 3.14. The Hall–Kier alpha value is -0.830. The highest BCUT2D eigenvalue weighted by Gasteiger charge is 2.21. The molecule has 3 heteroatoms. The van der Waals surface area contributed by atoms with Crippen LogP contribution in [-0.2, 0) is 9.53 Å². The summed E-state index contributed by atoms with van der Waals surface area (Å²) in [6, 6.07) is 0. The maximum atomic E-state index is 11.4. The summed E-state index contributed by atoms with van der Waals surface area (Å²) in [7, 11) is 1.72. The molecular formula is C11H19NO2. The standard InChI is InChI=1S/C11H19NO2/c1-3-11(13)12-7-4-5-10(9-12)6-8-14-2/h3,10H,1,4-9H2,2H3. The van der Waals surface area contributed by atoms with Crippen molar-refractivity contribution in [2.45, 2.75) is 19.3 Å². The predicted molar refractivity (Wildman–Crippen MR) is 56.0 cm³/mol. The molecule has 1 amide bonds. The zero-order chi connectivity index (χ0) is 10.4. The van der Waals surface area contributed by atoms with Gasteiger partial charge in [-0.3, -0.25) is 4.79 Å². The molecule has 0 spiro atoms. The lowest BCUT2D eigenvalue weighted by Crippen LogP contribution is -2.39. The molecule has 0 radical (unpaired) electrons. The lowest BCUT2D eigenvalue weighted by Gasteiger charge is -2.31. The van der Waals surface area contributed by atoms with E-state index in [0.717, 1.165) is 32.5 Å². The van der Waals surface area contributed by atoms with Crippen LogP contribution >= 0.6 is 0 Å². The number of carbonyl (C=O) groups excluding carboxylic acids is 1. The maximum Gasteiger partial charge on any atom is 0.245 e. The van der Waals surface area contributed by atoms with Crippen LogP contribution in [0.25, 0.3) is 0 Å². The van der Waals surface area contributed by atoms with Crippen molar-refractivity contribution in [3.63, 3.8) is 0 Å². The van der Waals surface area contributed by atoms with Gasteiger partial charge in [0.15, 0.2) is 0 Å². The number of rotatable bonds is 4. The first-order valence-electron chi connectivity index (χ1n) is 5.18. The third-order valence-corrected chi connectivity index (χ3v) is 2.74. The average molecular weight is 197 g/mol. The van der Waals surface area contributed by atoms with E-state index < -0.39 is 0 Å². The molecule has 3 nitrogen and oxygen atoms in total. The molecule has 0 saturated carbocycles. The van der Waals surface area contributed by atoms with Gasteiger partial charge in [0, 0.05) is 26.8 Å². The molecule has 1 unspecified atom stereocenters. The SMILES string of the molecule is C=CC(=O)N1CCCC(CCOC)C1. The molecule has 1 atom stereocenters. The Kier molecular flexibility index (Phi) is 4.66. The molecule has 14 heavy (non-hydrogen) atoms. The minimum atomic E-state index is 0.0621. The fourth-order valence-electron chi connectivity index (χ4n) is 1.91. The van der Waals surface area contributed by atoms with Crippen molar-refractivity contribution in [2.24, 2.45) is 5.92 Å². The maximum absolute atomic E-state index is 11.4. The minimum absolute atomic E-state index is 0.0621. The number of amides is 1. The Morgan fingerprint density at radius 3 is 3.14 bits per heavy atom. The third-order valence-electron chi connectivity index (χ3n) is 2.74. The second-order valence-electron chi connectivity index (χ2n) is 3.78. The zero-order valence-corrected chi connectivity index (χ0v) is 8.87. The van der Waals surface area contributed by atoms with E-state index >= 15 is 0 Å². The minimum Gasteiger partial charge on any atom is -0.385 e. The van der Waals surface area contributed by atoms with Crippen LogP contribution in [0.3, 0.4) is 0 Å². The van der Waals surface area contributed by atoms with Gasteiger partial charge in [-0.2, -0.15) is 0 Å². The van der Waals surface area contributed by atoms with Crippen molar-refractivity contribution >= 4 is 5.91 Å². The molecule has 1 aliphatic rings. The molecule has 1 fully saturated rings. The number of carbonyl (C=O) groups is 1. The molecule has 1 aliphatic heterocycles. The summed E-state index contributed by atoms with van der Waals surface area (Å²) in [5, 5.41) is 0. The van der Waals surface area contributed by atoms with E-state index in [-0.39, 0.29) is 5.91 Å². The van der Waals surface area contributed by atoms with Crippen molar-refractivity contribution in [3.05, 3.63) is 12.7 Å². The van der Waals surface area contributed by atoms with E-state index in [1.54, 1.807) is 7.11 Å².